The Bertz CT molecular complexity index is 673. The lowest BCUT2D eigenvalue weighted by atomic mass is 10.1. The van der Waals surface area contributed by atoms with Gasteiger partial charge in [0, 0.05) is 5.69 Å². The molecule has 0 fully saturated rings. The molecule has 2 aromatic carbocycles. The Balaban J connectivity index is 1.97. The molecule has 2 aromatic rings. The number of nitrogens with one attached hydrogen (secondary N) is 2. The number of aryl methyl sites for hydroxylation is 1. The number of thiocarbonyl (C=S) groups is 1. The van der Waals surface area contributed by atoms with Crippen LogP contribution in [0.4, 0.5) is 5.69 Å². The molecule has 122 valence electrons. The molecule has 0 saturated heterocycles. The van der Waals surface area contributed by atoms with E-state index in [1.807, 2.05) is 30.3 Å². The summed E-state index contributed by atoms with van der Waals surface area (Å²) in [5.41, 5.74) is 3.43. The summed E-state index contributed by atoms with van der Waals surface area (Å²) < 4.78 is 6.18. The number of ether oxygens (including phenoxy) is 1. The van der Waals surface area contributed by atoms with Crippen LogP contribution in [0, 0.1) is 0 Å². The molecule has 0 aliphatic heterocycles. The average molecular weight is 393 g/mol. The molecule has 3 nitrogen and oxygen atoms in total. The number of rotatable bonds is 5. The van der Waals surface area contributed by atoms with E-state index in [1.165, 1.54) is 5.56 Å². The molecular weight excluding hydrogens is 372 g/mol. The number of benzene rings is 2. The molecule has 2 N–H and O–H groups in total. The third kappa shape index (κ3) is 4.94. The van der Waals surface area contributed by atoms with Crippen LogP contribution < -0.4 is 15.4 Å². The lowest BCUT2D eigenvalue weighted by Gasteiger charge is -2.18. The number of methoxy groups -OCH3 is 1. The number of halogens is 1. The minimum absolute atomic E-state index is 0.0899. The van der Waals surface area contributed by atoms with Crippen LogP contribution in [-0.2, 0) is 6.42 Å². The van der Waals surface area contributed by atoms with E-state index in [0.29, 0.717) is 5.11 Å². The summed E-state index contributed by atoms with van der Waals surface area (Å²) in [5.74, 6) is 0.817. The van der Waals surface area contributed by atoms with Gasteiger partial charge >= 0.3 is 0 Å². The fourth-order valence-corrected chi connectivity index (χ4v) is 3.08. The van der Waals surface area contributed by atoms with Crippen molar-refractivity contribution < 1.29 is 4.74 Å². The topological polar surface area (TPSA) is 33.3 Å². The van der Waals surface area contributed by atoms with E-state index in [-0.39, 0.29) is 6.04 Å². The standard InChI is InChI=1S/C18H21BrN2OS/c1-4-13-5-8-15(9-6-13)21-18(23)20-12(2)14-7-10-17(22-3)16(19)11-14/h5-12H,4H2,1-3H3,(H2,20,21,23)/t12-/m1/s1. The van der Waals surface area contributed by atoms with Crippen LogP contribution in [0.2, 0.25) is 0 Å². The Labute approximate surface area is 151 Å². The molecule has 0 bridgehead atoms. The van der Waals surface area contributed by atoms with Crippen LogP contribution in [0.5, 0.6) is 5.75 Å². The van der Waals surface area contributed by atoms with Crippen LogP contribution in [0.15, 0.2) is 46.9 Å². The zero-order valence-electron chi connectivity index (χ0n) is 13.5. The maximum Gasteiger partial charge on any atom is 0.171 e. The number of anilines is 1. The molecule has 0 aliphatic carbocycles. The summed E-state index contributed by atoms with van der Waals surface area (Å²) in [4.78, 5) is 0. The first-order chi connectivity index (χ1) is 11.0. The highest BCUT2D eigenvalue weighted by Crippen LogP contribution is 2.28. The second kappa shape index (κ2) is 8.31. The van der Waals surface area contributed by atoms with Crippen LogP contribution in [-0.4, -0.2) is 12.2 Å². The molecule has 0 radical (unpaired) electrons. The van der Waals surface area contributed by atoms with Gasteiger partial charge in [0.25, 0.3) is 0 Å². The van der Waals surface area contributed by atoms with Gasteiger partial charge in [-0.3, -0.25) is 0 Å². The largest absolute Gasteiger partial charge is 0.496 e. The lowest BCUT2D eigenvalue weighted by Crippen LogP contribution is -2.30. The minimum atomic E-state index is 0.0899. The summed E-state index contributed by atoms with van der Waals surface area (Å²) in [5, 5.41) is 7.12. The van der Waals surface area contributed by atoms with E-state index >= 15 is 0 Å². The Morgan fingerprint density at radius 2 is 1.91 bits per heavy atom. The van der Waals surface area contributed by atoms with Crippen molar-refractivity contribution >= 4 is 38.9 Å². The fourth-order valence-electron chi connectivity index (χ4n) is 2.22. The molecule has 1 atom stereocenters. The van der Waals surface area contributed by atoms with Gasteiger partial charge < -0.3 is 15.4 Å². The third-order valence-corrected chi connectivity index (χ3v) is 4.48. The molecule has 23 heavy (non-hydrogen) atoms. The van der Waals surface area contributed by atoms with E-state index in [9.17, 15) is 0 Å². The third-order valence-electron chi connectivity index (χ3n) is 3.64. The lowest BCUT2D eigenvalue weighted by molar-refractivity contribution is 0.412. The van der Waals surface area contributed by atoms with Crippen molar-refractivity contribution in [3.05, 3.63) is 58.1 Å². The first kappa shape index (κ1) is 17.8. The first-order valence-electron chi connectivity index (χ1n) is 7.53. The van der Waals surface area contributed by atoms with Gasteiger partial charge in [0.1, 0.15) is 5.75 Å². The highest BCUT2D eigenvalue weighted by atomic mass is 79.9. The molecule has 0 heterocycles. The summed E-state index contributed by atoms with van der Waals surface area (Å²) >= 11 is 8.90. The Hall–Kier alpha value is -1.59. The Morgan fingerprint density at radius 1 is 1.22 bits per heavy atom. The van der Waals surface area contributed by atoms with Crippen LogP contribution in [0.3, 0.4) is 0 Å². The number of hydrogen-bond donors (Lipinski definition) is 2. The van der Waals surface area contributed by atoms with Crippen molar-refractivity contribution in [1.82, 2.24) is 5.32 Å². The van der Waals surface area contributed by atoms with Gasteiger partial charge in [0.05, 0.1) is 17.6 Å². The quantitative estimate of drug-likeness (QED) is 0.695. The van der Waals surface area contributed by atoms with E-state index in [4.69, 9.17) is 17.0 Å². The van der Waals surface area contributed by atoms with Crippen molar-refractivity contribution in [2.24, 2.45) is 0 Å². The summed E-state index contributed by atoms with van der Waals surface area (Å²) in [6.45, 7) is 4.21. The zero-order valence-corrected chi connectivity index (χ0v) is 15.9. The van der Waals surface area contributed by atoms with Gasteiger partial charge in [-0.2, -0.15) is 0 Å². The molecular formula is C18H21BrN2OS. The average Bonchev–Trinajstić information content (AvgIpc) is 2.55. The van der Waals surface area contributed by atoms with Crippen LogP contribution in [0.1, 0.15) is 31.0 Å². The molecule has 2 rings (SSSR count). The maximum absolute atomic E-state index is 5.40. The van der Waals surface area contributed by atoms with Crippen LogP contribution in [0.25, 0.3) is 0 Å². The van der Waals surface area contributed by atoms with E-state index in [0.717, 1.165) is 27.9 Å². The van der Waals surface area contributed by atoms with Crippen LogP contribution >= 0.6 is 28.1 Å². The van der Waals surface area contributed by atoms with Gasteiger partial charge in [0.2, 0.25) is 0 Å². The molecule has 0 aliphatic rings. The molecule has 0 amide bonds. The molecule has 0 saturated carbocycles. The predicted molar refractivity (Wildman–Crippen MR) is 104 cm³/mol. The molecule has 5 heteroatoms. The number of hydrogen-bond acceptors (Lipinski definition) is 2. The molecule has 0 aromatic heterocycles. The van der Waals surface area contributed by atoms with E-state index < -0.39 is 0 Å². The van der Waals surface area contributed by atoms with Crippen molar-refractivity contribution in [1.29, 1.82) is 0 Å². The maximum atomic E-state index is 5.40. The van der Waals surface area contributed by atoms with Gasteiger partial charge in [-0.05, 0) is 76.9 Å². The summed E-state index contributed by atoms with van der Waals surface area (Å²) in [6, 6.07) is 14.4. The van der Waals surface area contributed by atoms with Gasteiger partial charge in [0.15, 0.2) is 5.11 Å². The summed E-state index contributed by atoms with van der Waals surface area (Å²) in [6.07, 6.45) is 1.03. The first-order valence-corrected chi connectivity index (χ1v) is 8.73. The highest BCUT2D eigenvalue weighted by molar-refractivity contribution is 9.10. The highest BCUT2D eigenvalue weighted by Gasteiger charge is 2.10. The second-order valence-corrected chi connectivity index (χ2v) is 6.53. The van der Waals surface area contributed by atoms with Gasteiger partial charge in [-0.1, -0.05) is 25.1 Å². The minimum Gasteiger partial charge on any atom is -0.496 e. The SMILES string of the molecule is CCc1ccc(NC(=S)N[C@H](C)c2ccc(OC)c(Br)c2)cc1. The van der Waals surface area contributed by atoms with Crippen molar-refractivity contribution in [3.8, 4) is 5.75 Å². The molecule has 0 spiro atoms. The fraction of sp³-hybridized carbons (Fsp3) is 0.278. The van der Waals surface area contributed by atoms with E-state index in [2.05, 4.69) is 52.5 Å². The van der Waals surface area contributed by atoms with Crippen molar-refractivity contribution in [2.75, 3.05) is 12.4 Å². The normalized spacial score (nSPS) is 11.7. The van der Waals surface area contributed by atoms with Crippen molar-refractivity contribution in [2.45, 2.75) is 26.3 Å². The second-order valence-electron chi connectivity index (χ2n) is 5.26. The van der Waals surface area contributed by atoms with E-state index in [1.54, 1.807) is 7.11 Å². The predicted octanol–water partition coefficient (Wildman–Crippen LogP) is 5.07. The Morgan fingerprint density at radius 3 is 2.48 bits per heavy atom. The van der Waals surface area contributed by atoms with Crippen molar-refractivity contribution in [3.63, 3.8) is 0 Å². The molecule has 0 unspecified atom stereocenters. The monoisotopic (exact) mass is 392 g/mol. The zero-order chi connectivity index (χ0) is 16.8. The smallest absolute Gasteiger partial charge is 0.171 e. The van der Waals surface area contributed by atoms with Gasteiger partial charge in [-0.25, -0.2) is 0 Å². The van der Waals surface area contributed by atoms with Gasteiger partial charge in [-0.15, -0.1) is 0 Å². The Kier molecular flexibility index (Phi) is 6.42. The summed E-state index contributed by atoms with van der Waals surface area (Å²) in [7, 11) is 1.66.